The summed E-state index contributed by atoms with van der Waals surface area (Å²) in [5.74, 6) is -0.640. The first-order valence-electron chi connectivity index (χ1n) is 10.7. The van der Waals surface area contributed by atoms with Crippen LogP contribution in [0.25, 0.3) is 5.65 Å². The number of rotatable bonds is 7. The van der Waals surface area contributed by atoms with Crippen molar-refractivity contribution in [3.63, 3.8) is 0 Å². The molecule has 0 aliphatic carbocycles. The van der Waals surface area contributed by atoms with Crippen LogP contribution in [0.3, 0.4) is 0 Å². The van der Waals surface area contributed by atoms with Crippen molar-refractivity contribution < 1.29 is 9.59 Å². The molecule has 2 amide bonds. The van der Waals surface area contributed by atoms with Crippen molar-refractivity contribution in [3.05, 3.63) is 88.4 Å². The molecule has 2 N–H and O–H groups in total. The molecule has 9 nitrogen and oxygen atoms in total. The summed E-state index contributed by atoms with van der Waals surface area (Å²) in [5.41, 5.74) is 6.46. The fraction of sp³-hybridized carbons (Fsp3) is 0.250. The Labute approximate surface area is 191 Å². The van der Waals surface area contributed by atoms with Gasteiger partial charge in [-0.3, -0.25) is 14.6 Å². The summed E-state index contributed by atoms with van der Waals surface area (Å²) in [6.07, 6.45) is 6.60. The minimum Gasteiger partial charge on any atom is -0.350 e. The van der Waals surface area contributed by atoms with Crippen LogP contribution >= 0.6 is 0 Å². The number of carbonyl (C=O) groups excluding carboxylic acids is 2. The number of hydrogen-bond donors (Lipinski definition) is 2. The molecule has 0 atom stereocenters. The maximum atomic E-state index is 12.7. The van der Waals surface area contributed by atoms with Gasteiger partial charge in [-0.2, -0.15) is 5.10 Å². The van der Waals surface area contributed by atoms with E-state index in [-0.39, 0.29) is 30.6 Å². The summed E-state index contributed by atoms with van der Waals surface area (Å²) in [5, 5.41) is 9.90. The Balaban J connectivity index is 1.44. The number of nitrogens with one attached hydrogen (secondary N) is 2. The van der Waals surface area contributed by atoms with Gasteiger partial charge in [-0.15, -0.1) is 0 Å². The van der Waals surface area contributed by atoms with Crippen molar-refractivity contribution in [1.29, 1.82) is 0 Å². The van der Waals surface area contributed by atoms with E-state index in [1.54, 1.807) is 4.52 Å². The van der Waals surface area contributed by atoms with E-state index in [0.717, 1.165) is 23.4 Å². The Hall–Kier alpha value is -4.14. The summed E-state index contributed by atoms with van der Waals surface area (Å²) in [6.45, 7) is 6.53. The zero-order valence-electron chi connectivity index (χ0n) is 18.8. The van der Waals surface area contributed by atoms with Gasteiger partial charge in [0, 0.05) is 43.3 Å². The normalized spacial score (nSPS) is 10.9. The first-order chi connectivity index (χ1) is 15.9. The van der Waals surface area contributed by atoms with Gasteiger partial charge >= 0.3 is 0 Å². The molecule has 4 rings (SSSR count). The van der Waals surface area contributed by atoms with Gasteiger partial charge < -0.3 is 10.6 Å². The van der Waals surface area contributed by atoms with Gasteiger partial charge in [-0.05, 0) is 31.9 Å². The first kappa shape index (κ1) is 22.1. The molecular formula is C24H25N7O2. The molecule has 0 saturated carbocycles. The number of benzene rings is 1. The van der Waals surface area contributed by atoms with Gasteiger partial charge in [0.05, 0.1) is 12.4 Å². The van der Waals surface area contributed by atoms with Crippen LogP contribution in [0, 0.1) is 20.8 Å². The third-order valence-electron chi connectivity index (χ3n) is 5.41. The van der Waals surface area contributed by atoms with Crippen LogP contribution in [0.5, 0.6) is 0 Å². The minimum atomic E-state index is -0.345. The highest BCUT2D eigenvalue weighted by Gasteiger charge is 2.18. The molecule has 3 aromatic heterocycles. The van der Waals surface area contributed by atoms with E-state index in [1.807, 2.05) is 19.9 Å². The second-order valence-corrected chi connectivity index (χ2v) is 7.82. The zero-order chi connectivity index (χ0) is 23.4. The average molecular weight is 444 g/mol. The van der Waals surface area contributed by atoms with Crippen molar-refractivity contribution in [3.8, 4) is 0 Å². The summed E-state index contributed by atoms with van der Waals surface area (Å²) < 4.78 is 1.71. The quantitative estimate of drug-likeness (QED) is 0.423. The number of aryl methyl sites for hydroxylation is 3. The highest BCUT2D eigenvalue weighted by Crippen LogP contribution is 2.20. The standard InChI is InChI=1S/C24H25N7O2/c1-15-5-4-6-18(11-15)12-19-16(2)30-22-20(13-29-31(22)17(19)3)23(32)27-9-10-28-24(33)21-14-25-7-8-26-21/h4-8,11,13-14H,9-10,12H2,1-3H3,(H,27,32)(H,28,33). The second kappa shape index (κ2) is 9.56. The molecule has 0 unspecified atom stereocenters. The summed E-state index contributed by atoms with van der Waals surface area (Å²) >= 11 is 0. The number of hydrogen-bond acceptors (Lipinski definition) is 6. The molecule has 168 valence electrons. The van der Waals surface area contributed by atoms with E-state index in [1.165, 1.54) is 35.9 Å². The van der Waals surface area contributed by atoms with E-state index in [4.69, 9.17) is 0 Å². The lowest BCUT2D eigenvalue weighted by Crippen LogP contribution is -2.35. The zero-order valence-corrected chi connectivity index (χ0v) is 18.8. The molecule has 4 aromatic rings. The lowest BCUT2D eigenvalue weighted by Gasteiger charge is -2.12. The number of fused-ring (bicyclic) bond motifs is 1. The van der Waals surface area contributed by atoms with Crippen LogP contribution in [-0.4, -0.2) is 49.5 Å². The number of nitrogens with zero attached hydrogens (tertiary/aromatic N) is 5. The van der Waals surface area contributed by atoms with Crippen LogP contribution in [0.2, 0.25) is 0 Å². The maximum absolute atomic E-state index is 12.7. The van der Waals surface area contributed by atoms with Crippen molar-refractivity contribution >= 4 is 17.5 Å². The predicted molar refractivity (Wildman–Crippen MR) is 123 cm³/mol. The van der Waals surface area contributed by atoms with E-state index in [9.17, 15) is 9.59 Å². The largest absolute Gasteiger partial charge is 0.350 e. The SMILES string of the molecule is Cc1cccc(Cc2c(C)nc3c(C(=O)NCCNC(=O)c4cnccn4)cnn3c2C)c1. The van der Waals surface area contributed by atoms with Crippen LogP contribution in [-0.2, 0) is 6.42 Å². The number of amides is 2. The topological polar surface area (TPSA) is 114 Å². The Kier molecular flexibility index (Phi) is 6.39. The van der Waals surface area contributed by atoms with Gasteiger partial charge in [0.25, 0.3) is 11.8 Å². The third-order valence-corrected chi connectivity index (χ3v) is 5.41. The van der Waals surface area contributed by atoms with Crippen LogP contribution in [0.1, 0.15) is 48.9 Å². The molecule has 3 heterocycles. The minimum absolute atomic E-state index is 0.225. The van der Waals surface area contributed by atoms with Crippen molar-refractivity contribution in [1.82, 2.24) is 35.2 Å². The van der Waals surface area contributed by atoms with Crippen molar-refractivity contribution in [2.75, 3.05) is 13.1 Å². The Morgan fingerprint density at radius 2 is 1.79 bits per heavy atom. The smallest absolute Gasteiger partial charge is 0.271 e. The monoisotopic (exact) mass is 443 g/mol. The average Bonchev–Trinajstić information content (AvgIpc) is 3.24. The fourth-order valence-corrected chi connectivity index (χ4v) is 3.71. The summed E-state index contributed by atoms with van der Waals surface area (Å²) in [4.78, 5) is 37.2. The van der Waals surface area contributed by atoms with E-state index in [0.29, 0.717) is 11.2 Å². The first-order valence-corrected chi connectivity index (χ1v) is 10.7. The molecule has 0 saturated heterocycles. The van der Waals surface area contributed by atoms with E-state index in [2.05, 4.69) is 55.8 Å². The predicted octanol–water partition coefficient (Wildman–Crippen LogP) is 2.20. The molecule has 9 heteroatoms. The molecule has 1 aromatic carbocycles. The van der Waals surface area contributed by atoms with Crippen molar-refractivity contribution in [2.24, 2.45) is 0 Å². The Morgan fingerprint density at radius 1 is 1.00 bits per heavy atom. The van der Waals surface area contributed by atoms with Gasteiger partial charge in [-0.25, -0.2) is 14.5 Å². The molecule has 0 fully saturated rings. The molecular weight excluding hydrogens is 418 g/mol. The molecule has 0 spiro atoms. The lowest BCUT2D eigenvalue weighted by molar-refractivity contribution is 0.0925. The highest BCUT2D eigenvalue weighted by molar-refractivity contribution is 5.99. The summed E-state index contributed by atoms with van der Waals surface area (Å²) in [7, 11) is 0. The van der Waals surface area contributed by atoms with Crippen LogP contribution < -0.4 is 10.6 Å². The molecule has 0 bridgehead atoms. The second-order valence-electron chi connectivity index (χ2n) is 7.82. The highest BCUT2D eigenvalue weighted by atomic mass is 16.2. The van der Waals surface area contributed by atoms with E-state index < -0.39 is 0 Å². The molecule has 0 aliphatic heterocycles. The van der Waals surface area contributed by atoms with Crippen LogP contribution in [0.4, 0.5) is 0 Å². The number of carbonyl (C=O) groups is 2. The fourth-order valence-electron chi connectivity index (χ4n) is 3.71. The van der Waals surface area contributed by atoms with Gasteiger partial charge in [0.15, 0.2) is 5.65 Å². The van der Waals surface area contributed by atoms with E-state index >= 15 is 0 Å². The molecule has 0 aliphatic rings. The Bertz CT molecular complexity index is 1320. The lowest BCUT2D eigenvalue weighted by atomic mass is 10.0. The molecule has 33 heavy (non-hydrogen) atoms. The number of aromatic nitrogens is 5. The van der Waals surface area contributed by atoms with Gasteiger partial charge in [0.1, 0.15) is 11.3 Å². The van der Waals surface area contributed by atoms with Crippen molar-refractivity contribution in [2.45, 2.75) is 27.2 Å². The Morgan fingerprint density at radius 3 is 2.52 bits per heavy atom. The molecule has 0 radical (unpaired) electrons. The van der Waals surface area contributed by atoms with Crippen LogP contribution in [0.15, 0.2) is 49.1 Å². The van der Waals surface area contributed by atoms with Gasteiger partial charge in [-0.1, -0.05) is 29.8 Å². The third kappa shape index (κ3) is 4.87. The summed E-state index contributed by atoms with van der Waals surface area (Å²) in [6, 6.07) is 8.38. The maximum Gasteiger partial charge on any atom is 0.271 e. The van der Waals surface area contributed by atoms with Gasteiger partial charge in [0.2, 0.25) is 0 Å².